The molecule has 0 saturated heterocycles. The van der Waals surface area contributed by atoms with E-state index in [1.807, 2.05) is 48.5 Å². The number of para-hydroxylation sites is 1. The van der Waals surface area contributed by atoms with Crippen LogP contribution in [0.4, 0.5) is 5.69 Å². The molecule has 0 bridgehead atoms. The van der Waals surface area contributed by atoms with Crippen LogP contribution in [0.5, 0.6) is 0 Å². The van der Waals surface area contributed by atoms with Crippen molar-refractivity contribution in [2.45, 2.75) is 6.42 Å². The van der Waals surface area contributed by atoms with Gasteiger partial charge in [0.2, 0.25) is 0 Å². The molecule has 0 amide bonds. The first-order valence-electron chi connectivity index (χ1n) is 7.58. The van der Waals surface area contributed by atoms with Gasteiger partial charge in [0.15, 0.2) is 5.43 Å². The Labute approximate surface area is 137 Å². The van der Waals surface area contributed by atoms with E-state index in [0.717, 1.165) is 44.6 Å². The average Bonchev–Trinajstić information content (AvgIpc) is 3.11. The largest absolute Gasteiger partial charge is 0.358 e. The minimum Gasteiger partial charge on any atom is -0.358 e. The van der Waals surface area contributed by atoms with Crippen LogP contribution < -0.4 is 16.0 Å². The summed E-state index contributed by atoms with van der Waals surface area (Å²) >= 11 is 6.31. The Kier molecular flexibility index (Phi) is 2.51. The molecule has 1 N–H and O–H groups in total. The number of rotatable bonds is 0. The zero-order valence-electron chi connectivity index (χ0n) is 12.2. The summed E-state index contributed by atoms with van der Waals surface area (Å²) in [5, 5.41) is 8.55. The Balaban J connectivity index is 1.95. The Morgan fingerprint density at radius 3 is 2.57 bits per heavy atom. The van der Waals surface area contributed by atoms with Gasteiger partial charge in [0, 0.05) is 39.0 Å². The third-order valence-electron chi connectivity index (χ3n) is 4.70. The Hall–Kier alpha value is -2.58. The van der Waals surface area contributed by atoms with Crippen molar-refractivity contribution < 1.29 is 0 Å². The van der Waals surface area contributed by atoms with E-state index in [1.54, 1.807) is 0 Å². The van der Waals surface area contributed by atoms with Gasteiger partial charge >= 0.3 is 0 Å². The molecule has 1 heterocycles. The van der Waals surface area contributed by atoms with Crippen LogP contribution in [0.2, 0.25) is 5.02 Å². The van der Waals surface area contributed by atoms with Crippen molar-refractivity contribution in [1.29, 1.82) is 0 Å². The maximum atomic E-state index is 13.0. The topological polar surface area (TPSA) is 29.1 Å². The molecule has 0 spiro atoms. The fourth-order valence-corrected chi connectivity index (χ4v) is 3.89. The third-order valence-corrected chi connectivity index (χ3v) is 5.03. The van der Waals surface area contributed by atoms with Gasteiger partial charge in [-0.25, -0.2) is 0 Å². The molecule has 0 saturated carbocycles. The highest BCUT2D eigenvalue weighted by atomic mass is 35.5. The third kappa shape index (κ3) is 1.67. The summed E-state index contributed by atoms with van der Waals surface area (Å²) < 4.78 is 0. The van der Waals surface area contributed by atoms with E-state index in [4.69, 9.17) is 11.6 Å². The zero-order chi connectivity index (χ0) is 15.6. The predicted octanol–water partition coefficient (Wildman–Crippen LogP) is 3.94. The van der Waals surface area contributed by atoms with Crippen molar-refractivity contribution in [3.05, 3.63) is 80.6 Å². The lowest BCUT2D eigenvalue weighted by Crippen LogP contribution is -2.24. The lowest BCUT2D eigenvalue weighted by Gasteiger charge is -2.01. The highest BCUT2D eigenvalue weighted by Gasteiger charge is 2.20. The van der Waals surface area contributed by atoms with Gasteiger partial charge in [-0.05, 0) is 23.1 Å². The lowest BCUT2D eigenvalue weighted by molar-refractivity contribution is 1.35. The lowest BCUT2D eigenvalue weighted by atomic mass is 10.1. The van der Waals surface area contributed by atoms with Crippen molar-refractivity contribution in [2.75, 3.05) is 5.32 Å². The SMILES string of the molecule is O=c1c(=C2Cc3ccccc3N2)c2ccc(Cl)c3cccc1c32. The molecule has 0 fully saturated rings. The van der Waals surface area contributed by atoms with E-state index in [9.17, 15) is 4.79 Å². The Morgan fingerprint density at radius 2 is 1.70 bits per heavy atom. The summed E-state index contributed by atoms with van der Waals surface area (Å²) in [6, 6.07) is 17.8. The number of anilines is 1. The van der Waals surface area contributed by atoms with Crippen LogP contribution in [-0.2, 0) is 6.42 Å². The predicted molar refractivity (Wildman–Crippen MR) is 96.3 cm³/mol. The van der Waals surface area contributed by atoms with Crippen molar-refractivity contribution >= 4 is 44.5 Å². The van der Waals surface area contributed by atoms with Gasteiger partial charge in [-0.2, -0.15) is 0 Å². The normalized spacial score (nSPS) is 16.0. The second kappa shape index (κ2) is 4.46. The zero-order valence-corrected chi connectivity index (χ0v) is 12.9. The number of hydrogen-bond acceptors (Lipinski definition) is 2. The van der Waals surface area contributed by atoms with E-state index in [0.29, 0.717) is 5.02 Å². The Morgan fingerprint density at radius 1 is 0.870 bits per heavy atom. The molecule has 0 aromatic heterocycles. The molecule has 23 heavy (non-hydrogen) atoms. The van der Waals surface area contributed by atoms with Gasteiger partial charge in [0.05, 0.1) is 5.22 Å². The maximum absolute atomic E-state index is 13.0. The van der Waals surface area contributed by atoms with E-state index in [-0.39, 0.29) is 5.43 Å². The van der Waals surface area contributed by atoms with Crippen LogP contribution in [0.1, 0.15) is 5.56 Å². The first-order chi connectivity index (χ1) is 11.2. The van der Waals surface area contributed by atoms with Crippen LogP contribution in [0.25, 0.3) is 27.2 Å². The quantitative estimate of drug-likeness (QED) is 0.532. The molecule has 5 rings (SSSR count). The molecular weight excluding hydrogens is 306 g/mol. The monoisotopic (exact) mass is 317 g/mol. The first-order valence-corrected chi connectivity index (χ1v) is 7.96. The first kappa shape index (κ1) is 12.9. The number of hydrogen-bond donors (Lipinski definition) is 1. The molecule has 0 aliphatic carbocycles. The van der Waals surface area contributed by atoms with Crippen LogP contribution in [0.3, 0.4) is 0 Å². The second-order valence-electron chi connectivity index (χ2n) is 5.96. The van der Waals surface area contributed by atoms with Gasteiger partial charge in [-0.3, -0.25) is 4.79 Å². The summed E-state index contributed by atoms with van der Waals surface area (Å²) in [5.74, 6) is 0. The van der Waals surface area contributed by atoms with Crippen molar-refractivity contribution in [3.8, 4) is 0 Å². The molecule has 3 heteroatoms. The number of halogens is 1. The molecule has 1 aliphatic rings. The number of fused-ring (bicyclic) bond motifs is 1. The van der Waals surface area contributed by atoms with Crippen LogP contribution >= 0.6 is 11.6 Å². The fraction of sp³-hybridized carbons (Fsp3) is 0.0500. The standard InChI is InChI=1S/C20H12ClNO/c21-15-9-8-13-18-12(15)5-3-6-14(18)20(23)19(13)17-10-11-4-1-2-7-16(11)22-17/h1-9,22H,10H2. The van der Waals surface area contributed by atoms with Gasteiger partial charge in [-0.15, -0.1) is 0 Å². The summed E-state index contributed by atoms with van der Waals surface area (Å²) in [5.41, 5.74) is 3.38. The van der Waals surface area contributed by atoms with Gasteiger partial charge in [-0.1, -0.05) is 54.1 Å². The average molecular weight is 318 g/mol. The summed E-state index contributed by atoms with van der Waals surface area (Å²) in [7, 11) is 0. The van der Waals surface area contributed by atoms with Crippen molar-refractivity contribution in [1.82, 2.24) is 0 Å². The Bertz CT molecular complexity index is 1170. The molecular formula is C20H12ClNO. The smallest absolute Gasteiger partial charge is 0.196 e. The second-order valence-corrected chi connectivity index (χ2v) is 6.37. The van der Waals surface area contributed by atoms with E-state index in [1.165, 1.54) is 5.56 Å². The van der Waals surface area contributed by atoms with Crippen LogP contribution in [0, 0.1) is 0 Å². The number of benzene rings is 3. The molecule has 4 aromatic carbocycles. The minimum absolute atomic E-state index is 0.0863. The molecule has 4 aromatic rings. The molecule has 1 aliphatic heterocycles. The molecule has 110 valence electrons. The van der Waals surface area contributed by atoms with E-state index in [2.05, 4.69) is 11.4 Å². The molecule has 2 nitrogen and oxygen atoms in total. The fourth-order valence-electron chi connectivity index (χ4n) is 3.67. The minimum atomic E-state index is 0.0863. The highest BCUT2D eigenvalue weighted by molar-refractivity contribution is 6.37. The van der Waals surface area contributed by atoms with E-state index >= 15 is 0 Å². The van der Waals surface area contributed by atoms with E-state index < -0.39 is 0 Å². The molecule has 0 unspecified atom stereocenters. The summed E-state index contributed by atoms with van der Waals surface area (Å²) in [6.45, 7) is 0. The maximum Gasteiger partial charge on any atom is 0.196 e. The van der Waals surface area contributed by atoms with Crippen molar-refractivity contribution in [2.24, 2.45) is 0 Å². The number of nitrogens with one attached hydrogen (secondary N) is 1. The van der Waals surface area contributed by atoms with Gasteiger partial charge in [0.25, 0.3) is 0 Å². The molecule has 0 atom stereocenters. The summed E-state index contributed by atoms with van der Waals surface area (Å²) in [4.78, 5) is 13.0. The van der Waals surface area contributed by atoms with Crippen molar-refractivity contribution in [3.63, 3.8) is 0 Å². The molecule has 0 radical (unpaired) electrons. The van der Waals surface area contributed by atoms with Crippen LogP contribution in [0.15, 0.2) is 59.4 Å². The van der Waals surface area contributed by atoms with Crippen LogP contribution in [-0.4, -0.2) is 0 Å². The van der Waals surface area contributed by atoms with Gasteiger partial charge < -0.3 is 5.32 Å². The summed E-state index contributed by atoms with van der Waals surface area (Å²) in [6.07, 6.45) is 0.759. The van der Waals surface area contributed by atoms with Gasteiger partial charge in [0.1, 0.15) is 0 Å². The highest BCUT2D eigenvalue weighted by Crippen LogP contribution is 2.31.